The summed E-state index contributed by atoms with van der Waals surface area (Å²) in [5.41, 5.74) is -0.342. The molecule has 0 unspecified atom stereocenters. The largest absolute Gasteiger partial charge is 0.497 e. The highest BCUT2D eigenvalue weighted by Gasteiger charge is 2.16. The maximum absolute atomic E-state index is 13.5. The van der Waals surface area contributed by atoms with Crippen molar-refractivity contribution in [3.05, 3.63) is 53.6 Å². The average molecular weight is 290 g/mol. The van der Waals surface area contributed by atoms with Crippen LogP contribution in [0.4, 0.5) is 10.1 Å². The summed E-state index contributed by atoms with van der Waals surface area (Å²) in [6.07, 6.45) is 2.17. The Balaban J connectivity index is 2.36. The van der Waals surface area contributed by atoms with Gasteiger partial charge in [0, 0.05) is 12.3 Å². The molecular weight excluding hydrogens is 279 g/mol. The first kappa shape index (κ1) is 14.4. The van der Waals surface area contributed by atoms with Crippen molar-refractivity contribution in [3.8, 4) is 5.75 Å². The van der Waals surface area contributed by atoms with Gasteiger partial charge in [-0.1, -0.05) is 0 Å². The average Bonchev–Trinajstić information content (AvgIpc) is 2.47. The van der Waals surface area contributed by atoms with Crippen molar-refractivity contribution in [3.63, 3.8) is 0 Å². The maximum atomic E-state index is 13.5. The highest BCUT2D eigenvalue weighted by molar-refractivity contribution is 6.08. The second-order valence-corrected chi connectivity index (χ2v) is 4.03. The molecule has 0 saturated carbocycles. The quantitative estimate of drug-likeness (QED) is 0.901. The molecule has 0 fully saturated rings. The number of carbonyl (C=O) groups is 2. The van der Waals surface area contributed by atoms with Crippen LogP contribution in [0.1, 0.15) is 20.7 Å². The number of nitrogens with zero attached hydrogens (tertiary/aromatic N) is 1. The minimum absolute atomic E-state index is 0.0167. The number of rotatable bonds is 4. The number of hydrogen-bond donors (Lipinski definition) is 2. The number of ether oxygens (including phenoxy) is 1. The first-order valence-electron chi connectivity index (χ1n) is 5.85. The molecule has 1 amide bonds. The number of carboxylic acids is 1. The predicted octanol–water partition coefficient (Wildman–Crippen LogP) is 2.18. The molecule has 7 heteroatoms. The van der Waals surface area contributed by atoms with Crippen LogP contribution in [0.15, 0.2) is 36.7 Å². The molecule has 2 rings (SSSR count). The van der Waals surface area contributed by atoms with Gasteiger partial charge in [0.15, 0.2) is 5.82 Å². The second-order valence-electron chi connectivity index (χ2n) is 4.03. The molecule has 2 aromatic rings. The Labute approximate surface area is 119 Å². The van der Waals surface area contributed by atoms with Crippen LogP contribution in [-0.4, -0.2) is 29.1 Å². The Bertz CT molecular complexity index is 703. The van der Waals surface area contributed by atoms with E-state index in [9.17, 15) is 14.0 Å². The molecule has 6 nitrogen and oxygen atoms in total. The third-order valence-corrected chi connectivity index (χ3v) is 2.72. The van der Waals surface area contributed by atoms with Gasteiger partial charge in [-0.3, -0.25) is 9.78 Å². The van der Waals surface area contributed by atoms with E-state index in [2.05, 4.69) is 10.3 Å². The minimum Gasteiger partial charge on any atom is -0.497 e. The Kier molecular flexibility index (Phi) is 4.13. The Hall–Kier alpha value is -2.96. The summed E-state index contributed by atoms with van der Waals surface area (Å²) in [5, 5.41) is 11.4. The fourth-order valence-electron chi connectivity index (χ4n) is 1.69. The van der Waals surface area contributed by atoms with Crippen LogP contribution in [0.2, 0.25) is 0 Å². The van der Waals surface area contributed by atoms with Crippen LogP contribution in [0.25, 0.3) is 0 Å². The topological polar surface area (TPSA) is 88.5 Å². The number of pyridine rings is 1. The first-order valence-corrected chi connectivity index (χ1v) is 5.85. The molecule has 1 aromatic heterocycles. The van der Waals surface area contributed by atoms with Crippen LogP contribution in [-0.2, 0) is 0 Å². The molecule has 0 aliphatic carbocycles. The first-order chi connectivity index (χ1) is 10.0. The molecule has 21 heavy (non-hydrogen) atoms. The van der Waals surface area contributed by atoms with E-state index in [1.54, 1.807) is 0 Å². The number of carbonyl (C=O) groups excluding carboxylic acids is 1. The number of benzene rings is 1. The molecule has 0 aliphatic heterocycles. The molecule has 1 heterocycles. The molecular formula is C14H11FN2O4. The van der Waals surface area contributed by atoms with Gasteiger partial charge in [-0.05, 0) is 18.2 Å². The van der Waals surface area contributed by atoms with Crippen molar-refractivity contribution >= 4 is 17.6 Å². The summed E-state index contributed by atoms with van der Waals surface area (Å²) in [6.45, 7) is 0. The second kappa shape index (κ2) is 6.00. The third kappa shape index (κ3) is 3.14. The standard InChI is InChI=1S/C14H11FN2O4/c1-21-8-2-3-10(14(19)20)12(6-8)17-13(18)9-4-5-16-7-11(9)15/h2-7H,1H3,(H,17,18)(H,19,20). The van der Waals surface area contributed by atoms with Crippen molar-refractivity contribution in [1.82, 2.24) is 4.98 Å². The lowest BCUT2D eigenvalue weighted by molar-refractivity contribution is 0.0698. The summed E-state index contributed by atoms with van der Waals surface area (Å²) in [4.78, 5) is 26.7. The predicted molar refractivity (Wildman–Crippen MR) is 72.1 cm³/mol. The highest BCUT2D eigenvalue weighted by atomic mass is 19.1. The number of carboxylic acid groups (broad SMARTS) is 1. The summed E-state index contributed by atoms with van der Waals surface area (Å²) >= 11 is 0. The molecule has 108 valence electrons. The van der Waals surface area contributed by atoms with E-state index in [0.29, 0.717) is 5.75 Å². The van der Waals surface area contributed by atoms with Crippen LogP contribution >= 0.6 is 0 Å². The van der Waals surface area contributed by atoms with Gasteiger partial charge in [0.25, 0.3) is 5.91 Å². The molecule has 1 aromatic carbocycles. The van der Waals surface area contributed by atoms with Crippen molar-refractivity contribution < 1.29 is 23.8 Å². The zero-order valence-electron chi connectivity index (χ0n) is 11.0. The number of aromatic nitrogens is 1. The number of amides is 1. The van der Waals surface area contributed by atoms with Crippen LogP contribution < -0.4 is 10.1 Å². The van der Waals surface area contributed by atoms with Gasteiger partial charge >= 0.3 is 5.97 Å². The molecule has 0 spiro atoms. The molecule has 0 bridgehead atoms. The van der Waals surface area contributed by atoms with Gasteiger partial charge in [0.1, 0.15) is 5.75 Å². The summed E-state index contributed by atoms with van der Waals surface area (Å²) in [7, 11) is 1.41. The van der Waals surface area contributed by atoms with Crippen molar-refractivity contribution in [1.29, 1.82) is 0 Å². The van der Waals surface area contributed by atoms with Gasteiger partial charge in [-0.25, -0.2) is 9.18 Å². The number of anilines is 1. The van der Waals surface area contributed by atoms with E-state index < -0.39 is 17.7 Å². The fraction of sp³-hybridized carbons (Fsp3) is 0.0714. The lowest BCUT2D eigenvalue weighted by Crippen LogP contribution is -2.16. The van der Waals surface area contributed by atoms with Gasteiger partial charge in [-0.15, -0.1) is 0 Å². The van der Waals surface area contributed by atoms with Gasteiger partial charge in [0.05, 0.1) is 30.1 Å². The van der Waals surface area contributed by atoms with Crippen LogP contribution in [0.3, 0.4) is 0 Å². The number of aromatic carboxylic acids is 1. The van der Waals surface area contributed by atoms with E-state index in [0.717, 1.165) is 6.20 Å². The van der Waals surface area contributed by atoms with E-state index in [-0.39, 0.29) is 16.8 Å². The van der Waals surface area contributed by atoms with E-state index in [1.165, 1.54) is 37.6 Å². The fourth-order valence-corrected chi connectivity index (χ4v) is 1.69. The highest BCUT2D eigenvalue weighted by Crippen LogP contribution is 2.23. The maximum Gasteiger partial charge on any atom is 0.337 e. The van der Waals surface area contributed by atoms with Crippen molar-refractivity contribution in [2.75, 3.05) is 12.4 Å². The summed E-state index contributed by atoms with van der Waals surface area (Å²) < 4.78 is 18.5. The van der Waals surface area contributed by atoms with E-state index >= 15 is 0 Å². The van der Waals surface area contributed by atoms with E-state index in [1.807, 2.05) is 0 Å². The summed E-state index contributed by atoms with van der Waals surface area (Å²) in [5.74, 6) is -2.42. The lowest BCUT2D eigenvalue weighted by Gasteiger charge is -2.10. The smallest absolute Gasteiger partial charge is 0.337 e. The number of methoxy groups -OCH3 is 1. The molecule has 0 aliphatic rings. The molecule has 0 saturated heterocycles. The van der Waals surface area contributed by atoms with Crippen molar-refractivity contribution in [2.45, 2.75) is 0 Å². The van der Waals surface area contributed by atoms with Gasteiger partial charge in [0.2, 0.25) is 0 Å². The minimum atomic E-state index is -1.22. The molecule has 2 N–H and O–H groups in total. The van der Waals surface area contributed by atoms with Crippen molar-refractivity contribution in [2.24, 2.45) is 0 Å². The Morgan fingerprint density at radius 3 is 2.67 bits per heavy atom. The Morgan fingerprint density at radius 2 is 2.05 bits per heavy atom. The Morgan fingerprint density at radius 1 is 1.29 bits per heavy atom. The zero-order valence-corrected chi connectivity index (χ0v) is 11.0. The molecule has 0 radical (unpaired) electrons. The van der Waals surface area contributed by atoms with E-state index in [4.69, 9.17) is 9.84 Å². The normalized spacial score (nSPS) is 10.0. The zero-order chi connectivity index (χ0) is 15.4. The monoisotopic (exact) mass is 290 g/mol. The number of nitrogens with one attached hydrogen (secondary N) is 1. The van der Waals surface area contributed by atoms with Gasteiger partial charge < -0.3 is 15.2 Å². The number of hydrogen-bond acceptors (Lipinski definition) is 4. The van der Waals surface area contributed by atoms with Gasteiger partial charge in [-0.2, -0.15) is 0 Å². The molecule has 0 atom stereocenters. The lowest BCUT2D eigenvalue weighted by atomic mass is 10.1. The van der Waals surface area contributed by atoms with Crippen LogP contribution in [0.5, 0.6) is 5.75 Å². The SMILES string of the molecule is COc1ccc(C(=O)O)c(NC(=O)c2ccncc2F)c1. The third-order valence-electron chi connectivity index (χ3n) is 2.72. The van der Waals surface area contributed by atoms with Crippen LogP contribution in [0, 0.1) is 5.82 Å². The number of halogens is 1. The summed E-state index contributed by atoms with van der Waals surface area (Å²) in [6, 6.07) is 5.29.